The molecule has 0 amide bonds. The maximum Gasteiger partial charge on any atom is 0.138 e. The molecule has 0 aliphatic rings. The molecule has 0 unspecified atom stereocenters. The minimum absolute atomic E-state index is 0.804. The fraction of sp³-hybridized carbons (Fsp3) is 0.0417. The average molecular weight is 369 g/mol. The lowest BCUT2D eigenvalue weighted by Crippen LogP contribution is -1.89. The molecule has 0 N–H and O–H groups in total. The molecule has 0 spiro atoms. The maximum absolute atomic E-state index is 6.31. The third kappa shape index (κ3) is 2.98. The number of pyridine rings is 1. The molecule has 27 heavy (non-hydrogen) atoms. The Bertz CT molecular complexity index is 1260. The summed E-state index contributed by atoms with van der Waals surface area (Å²) in [4.78, 5) is 4.86. The van der Waals surface area contributed by atoms with Crippen molar-refractivity contribution in [3.8, 4) is 11.1 Å². The fourth-order valence-electron chi connectivity index (χ4n) is 3.55. The molecule has 0 atom stereocenters. The highest BCUT2D eigenvalue weighted by atomic mass is 35.5. The van der Waals surface area contributed by atoms with Gasteiger partial charge in [-0.25, -0.2) is 4.98 Å². The van der Waals surface area contributed by atoms with Crippen molar-refractivity contribution in [1.29, 1.82) is 0 Å². The second-order valence-electron chi connectivity index (χ2n) is 6.71. The van der Waals surface area contributed by atoms with Crippen LogP contribution in [0, 0.1) is 0 Å². The summed E-state index contributed by atoms with van der Waals surface area (Å²) in [5.41, 5.74) is 7.80. The van der Waals surface area contributed by atoms with Crippen LogP contribution in [0.2, 0.25) is 5.02 Å². The summed E-state index contributed by atoms with van der Waals surface area (Å²) in [5.74, 6) is 0. The van der Waals surface area contributed by atoms with E-state index in [1.165, 1.54) is 16.7 Å². The minimum Gasteiger partial charge on any atom is -0.300 e. The van der Waals surface area contributed by atoms with Crippen molar-refractivity contribution in [3.63, 3.8) is 0 Å². The second-order valence-corrected chi connectivity index (χ2v) is 7.12. The van der Waals surface area contributed by atoms with E-state index in [-0.39, 0.29) is 0 Å². The number of nitrogens with zero attached hydrogens (tertiary/aromatic N) is 2. The van der Waals surface area contributed by atoms with Gasteiger partial charge in [-0.15, -0.1) is 0 Å². The van der Waals surface area contributed by atoms with Crippen LogP contribution in [-0.4, -0.2) is 9.38 Å². The number of aromatic nitrogens is 2. The van der Waals surface area contributed by atoms with E-state index in [0.29, 0.717) is 0 Å². The van der Waals surface area contributed by atoms with Gasteiger partial charge in [-0.2, -0.15) is 0 Å². The summed E-state index contributed by atoms with van der Waals surface area (Å²) >= 11 is 6.31. The first-order valence-electron chi connectivity index (χ1n) is 8.97. The molecule has 2 aromatic heterocycles. The van der Waals surface area contributed by atoms with E-state index >= 15 is 0 Å². The molecule has 5 rings (SSSR count). The van der Waals surface area contributed by atoms with Crippen molar-refractivity contribution >= 4 is 28.3 Å². The van der Waals surface area contributed by atoms with Gasteiger partial charge in [0.1, 0.15) is 5.65 Å². The van der Waals surface area contributed by atoms with Crippen molar-refractivity contribution in [2.75, 3.05) is 0 Å². The number of imidazole rings is 1. The Balaban J connectivity index is 1.57. The summed E-state index contributed by atoms with van der Waals surface area (Å²) in [6.45, 7) is 0. The van der Waals surface area contributed by atoms with Crippen molar-refractivity contribution in [3.05, 3.63) is 107 Å². The van der Waals surface area contributed by atoms with Gasteiger partial charge in [0, 0.05) is 11.2 Å². The summed E-state index contributed by atoms with van der Waals surface area (Å²) in [5, 5.41) is 0.806. The number of fused-ring (bicyclic) bond motifs is 3. The maximum atomic E-state index is 6.31. The first kappa shape index (κ1) is 16.1. The number of hydrogen-bond donors (Lipinski definition) is 0. The smallest absolute Gasteiger partial charge is 0.138 e. The largest absolute Gasteiger partial charge is 0.300 e. The monoisotopic (exact) mass is 368 g/mol. The highest BCUT2D eigenvalue weighted by Gasteiger charge is 2.08. The normalized spacial score (nSPS) is 11.3. The van der Waals surface area contributed by atoms with Crippen molar-refractivity contribution in [1.82, 2.24) is 9.38 Å². The predicted octanol–water partition coefficient (Wildman–Crippen LogP) is 6.40. The van der Waals surface area contributed by atoms with E-state index in [0.717, 1.165) is 33.7 Å². The first-order chi connectivity index (χ1) is 13.3. The van der Waals surface area contributed by atoms with E-state index in [1.54, 1.807) is 0 Å². The first-order valence-corrected chi connectivity index (χ1v) is 9.35. The molecule has 0 bridgehead atoms. The van der Waals surface area contributed by atoms with Gasteiger partial charge in [0.15, 0.2) is 0 Å². The Morgan fingerprint density at radius 3 is 2.44 bits per heavy atom. The lowest BCUT2D eigenvalue weighted by Gasteiger charge is -2.05. The van der Waals surface area contributed by atoms with Crippen LogP contribution in [0.25, 0.3) is 27.8 Å². The van der Waals surface area contributed by atoms with Crippen LogP contribution in [-0.2, 0) is 6.42 Å². The molecule has 5 aromatic rings. The van der Waals surface area contributed by atoms with E-state index in [4.69, 9.17) is 16.6 Å². The van der Waals surface area contributed by atoms with Crippen LogP contribution in [0.4, 0.5) is 0 Å². The van der Waals surface area contributed by atoms with Gasteiger partial charge in [0.2, 0.25) is 0 Å². The van der Waals surface area contributed by atoms with E-state index in [2.05, 4.69) is 71.3 Å². The summed E-state index contributed by atoms with van der Waals surface area (Å²) in [6.07, 6.45) is 2.90. The van der Waals surface area contributed by atoms with Gasteiger partial charge < -0.3 is 0 Å². The van der Waals surface area contributed by atoms with Gasteiger partial charge in [-0.3, -0.25) is 4.40 Å². The number of rotatable bonds is 3. The summed E-state index contributed by atoms with van der Waals surface area (Å²) in [7, 11) is 0. The summed E-state index contributed by atoms with van der Waals surface area (Å²) < 4.78 is 2.14. The Kier molecular flexibility index (Phi) is 3.92. The van der Waals surface area contributed by atoms with Crippen LogP contribution in [0.15, 0.2) is 91.1 Å². The molecule has 0 aliphatic heterocycles. The molecule has 0 aliphatic carbocycles. The Morgan fingerprint density at radius 1 is 0.778 bits per heavy atom. The SMILES string of the molecule is Clc1ccccc1Cc1ccc2c(c1)nc1cc(-c3ccccc3)ccn12. The zero-order valence-electron chi connectivity index (χ0n) is 14.6. The van der Waals surface area contributed by atoms with Crippen molar-refractivity contribution in [2.24, 2.45) is 0 Å². The van der Waals surface area contributed by atoms with Gasteiger partial charge in [-0.05, 0) is 59.0 Å². The Morgan fingerprint density at radius 2 is 1.59 bits per heavy atom. The molecule has 0 saturated carbocycles. The molecule has 0 saturated heterocycles. The third-order valence-electron chi connectivity index (χ3n) is 4.93. The lowest BCUT2D eigenvalue weighted by molar-refractivity contribution is 1.19. The van der Waals surface area contributed by atoms with Crippen molar-refractivity contribution < 1.29 is 0 Å². The lowest BCUT2D eigenvalue weighted by atomic mass is 10.0. The highest BCUT2D eigenvalue weighted by Crippen LogP contribution is 2.25. The number of hydrogen-bond acceptors (Lipinski definition) is 1. The quantitative estimate of drug-likeness (QED) is 0.360. The van der Waals surface area contributed by atoms with E-state index < -0.39 is 0 Å². The van der Waals surface area contributed by atoms with Gasteiger partial charge in [-0.1, -0.05) is 66.2 Å². The molecule has 0 radical (unpaired) electrons. The van der Waals surface area contributed by atoms with Crippen LogP contribution in [0.5, 0.6) is 0 Å². The van der Waals surface area contributed by atoms with Gasteiger partial charge >= 0.3 is 0 Å². The van der Waals surface area contributed by atoms with Crippen molar-refractivity contribution in [2.45, 2.75) is 6.42 Å². The van der Waals surface area contributed by atoms with Crippen LogP contribution in [0.1, 0.15) is 11.1 Å². The average Bonchev–Trinajstić information content (AvgIpc) is 3.07. The number of benzene rings is 3. The van der Waals surface area contributed by atoms with Crippen LogP contribution < -0.4 is 0 Å². The third-order valence-corrected chi connectivity index (χ3v) is 5.30. The zero-order chi connectivity index (χ0) is 18.2. The van der Waals surface area contributed by atoms with Crippen LogP contribution in [0.3, 0.4) is 0 Å². The topological polar surface area (TPSA) is 17.3 Å². The van der Waals surface area contributed by atoms with Gasteiger partial charge in [0.05, 0.1) is 11.0 Å². The molecule has 2 nitrogen and oxygen atoms in total. The minimum atomic E-state index is 0.804. The second kappa shape index (κ2) is 6.57. The van der Waals surface area contributed by atoms with Gasteiger partial charge in [0.25, 0.3) is 0 Å². The molecule has 3 heteroatoms. The number of halogens is 1. The zero-order valence-corrected chi connectivity index (χ0v) is 15.4. The summed E-state index contributed by atoms with van der Waals surface area (Å²) in [6, 6.07) is 29.1. The molecule has 3 aromatic carbocycles. The Hall–Kier alpha value is -3.10. The predicted molar refractivity (Wildman–Crippen MR) is 112 cm³/mol. The van der Waals surface area contributed by atoms with E-state index in [1.807, 2.05) is 24.3 Å². The molecular weight excluding hydrogens is 352 g/mol. The Labute approximate surface area is 162 Å². The highest BCUT2D eigenvalue weighted by molar-refractivity contribution is 6.31. The molecule has 2 heterocycles. The van der Waals surface area contributed by atoms with E-state index in [9.17, 15) is 0 Å². The standard InChI is InChI=1S/C24H17ClN2/c25-21-9-5-4-8-20(21)14-17-10-11-23-22(15-17)26-24-16-19(12-13-27(23)24)18-6-2-1-3-7-18/h1-13,15-16H,14H2. The fourth-order valence-corrected chi connectivity index (χ4v) is 3.75. The molecule has 130 valence electrons. The van der Waals surface area contributed by atoms with Crippen LogP contribution >= 0.6 is 11.6 Å². The molecule has 0 fully saturated rings. The molecular formula is C24H17ClN2.